The van der Waals surface area contributed by atoms with Gasteiger partial charge in [0, 0.05) is 12.6 Å². The largest absolute Gasteiger partial charge is 0.483 e. The Bertz CT molecular complexity index is 2410. The molecular weight excluding hydrogens is 872 g/mol. The molecule has 0 bridgehead atoms. The Labute approximate surface area is 378 Å². The third kappa shape index (κ3) is 14.2. The highest BCUT2D eigenvalue weighted by Crippen LogP contribution is 2.30. The quantitative estimate of drug-likeness (QED) is 0.0414. The minimum atomic E-state index is -1.71. The number of nitrogens with one attached hydrogen (secondary N) is 5. The summed E-state index contributed by atoms with van der Waals surface area (Å²) in [5, 5.41) is 16.9. The molecule has 1 fully saturated rings. The highest BCUT2D eigenvalue weighted by atomic mass is 35.5. The zero-order chi connectivity index (χ0) is 46.8. The normalized spacial score (nSPS) is 15.1. The van der Waals surface area contributed by atoms with E-state index in [0.29, 0.717) is 5.69 Å². The molecule has 342 valence electrons. The summed E-state index contributed by atoms with van der Waals surface area (Å²) in [5.74, 6) is -2.33. The number of pyridine rings is 1. The fourth-order valence-electron chi connectivity index (χ4n) is 5.46. The number of aromatic nitrogens is 2. The Morgan fingerprint density at radius 2 is 1.50 bits per heavy atom. The van der Waals surface area contributed by atoms with Gasteiger partial charge in [-0.2, -0.15) is 4.73 Å². The van der Waals surface area contributed by atoms with E-state index in [4.69, 9.17) is 35.5 Å². The van der Waals surface area contributed by atoms with E-state index in [1.165, 1.54) is 30.8 Å². The summed E-state index contributed by atoms with van der Waals surface area (Å²) in [5.41, 5.74) is -2.61. The number of thiazole rings is 1. The number of anilines is 1. The monoisotopic (exact) mass is 922 g/mol. The number of β-lactam (4-membered cyclic amide) rings is 1. The topological polar surface area (TPSA) is 239 Å². The summed E-state index contributed by atoms with van der Waals surface area (Å²) in [6.45, 7) is 12.8. The number of carbonyl (C=O) groups is 5. The van der Waals surface area contributed by atoms with E-state index in [1.54, 1.807) is 41.5 Å². The van der Waals surface area contributed by atoms with Gasteiger partial charge in [0.25, 0.3) is 5.91 Å². The van der Waals surface area contributed by atoms with Crippen molar-refractivity contribution in [3.8, 4) is 5.75 Å². The van der Waals surface area contributed by atoms with Crippen LogP contribution >= 0.6 is 22.9 Å². The number of oxime groups is 1. The van der Waals surface area contributed by atoms with Gasteiger partial charge in [-0.3, -0.25) is 19.7 Å². The fraction of sp³-hybridized carbons (Fsp3) is 0.395. The van der Waals surface area contributed by atoms with Crippen molar-refractivity contribution in [1.29, 1.82) is 0 Å². The van der Waals surface area contributed by atoms with Gasteiger partial charge in [0.2, 0.25) is 16.9 Å². The average Bonchev–Trinajstić information content (AvgIpc) is 3.57. The molecule has 5 N–H and O–H groups in total. The Kier molecular flexibility index (Phi) is 15.6. The lowest BCUT2D eigenvalue weighted by atomic mass is 9.98. The van der Waals surface area contributed by atoms with Crippen LogP contribution in [0, 0.1) is 0 Å². The molecule has 19 nitrogen and oxygen atoms in total. The first-order valence-electron chi connectivity index (χ1n) is 20.0. The standard InChI is InChI=1S/C43H51ClN8O11S/c1-41(2,3)61-37(56)43(7,8)63-51-33(32-34(44)64-39(49-32)50-40(58)62-42(4,5)6)36(55)48-31-28(47-35(31)54)21-46-38(57)45-20-27-19-29(53)30(59-23-25-15-11-9-12-16-25)22-52(27)60-24-26-17-13-10-14-18-26/h9-19,22,28,31H,20-21,23-24H2,1-8H3,(H,47,54)(H,48,55)(H2,45,46,57)(H,49,50,58)/t28-,31+/m1/s1. The maximum absolute atomic E-state index is 13.9. The zero-order valence-corrected chi connectivity index (χ0v) is 38.1. The molecule has 5 rings (SSSR count). The number of hydrogen-bond acceptors (Lipinski definition) is 14. The van der Waals surface area contributed by atoms with Crippen molar-refractivity contribution in [2.75, 3.05) is 11.9 Å². The van der Waals surface area contributed by atoms with Crippen molar-refractivity contribution in [1.82, 2.24) is 31.0 Å². The second kappa shape index (κ2) is 20.7. The molecule has 2 aromatic carbocycles. The maximum atomic E-state index is 13.9. The maximum Gasteiger partial charge on any atom is 0.413 e. The van der Waals surface area contributed by atoms with Crippen LogP contribution in [0.5, 0.6) is 5.75 Å². The van der Waals surface area contributed by atoms with Gasteiger partial charge < -0.3 is 45.2 Å². The minimum absolute atomic E-state index is 0.0420. The molecule has 3 heterocycles. The first kappa shape index (κ1) is 48.4. The Balaban J connectivity index is 1.26. The van der Waals surface area contributed by atoms with Crippen LogP contribution in [0.4, 0.5) is 14.7 Å². The van der Waals surface area contributed by atoms with E-state index in [2.05, 4.69) is 36.7 Å². The summed E-state index contributed by atoms with van der Waals surface area (Å²) >= 11 is 7.29. The molecule has 5 amide bonds. The Hall–Kier alpha value is -6.67. The first-order valence-corrected chi connectivity index (χ1v) is 21.1. The average molecular weight is 923 g/mol. The van der Waals surface area contributed by atoms with E-state index in [0.717, 1.165) is 22.5 Å². The molecule has 1 saturated heterocycles. The van der Waals surface area contributed by atoms with Crippen molar-refractivity contribution in [2.24, 2.45) is 5.16 Å². The molecule has 0 spiro atoms. The number of urea groups is 1. The van der Waals surface area contributed by atoms with Gasteiger partial charge in [-0.05, 0) is 66.5 Å². The van der Waals surface area contributed by atoms with Gasteiger partial charge in [-0.1, -0.05) is 88.8 Å². The van der Waals surface area contributed by atoms with Gasteiger partial charge in [0.1, 0.15) is 40.5 Å². The molecule has 0 radical (unpaired) electrons. The van der Waals surface area contributed by atoms with Crippen LogP contribution in [0.15, 0.2) is 82.9 Å². The molecule has 21 heteroatoms. The molecule has 0 saturated carbocycles. The molecule has 2 atom stereocenters. The van der Waals surface area contributed by atoms with Crippen LogP contribution in [0.1, 0.15) is 77.9 Å². The van der Waals surface area contributed by atoms with Crippen molar-refractivity contribution >= 4 is 63.7 Å². The van der Waals surface area contributed by atoms with Crippen molar-refractivity contribution in [3.05, 3.63) is 110 Å². The zero-order valence-electron chi connectivity index (χ0n) is 36.5. The molecule has 0 aliphatic carbocycles. The van der Waals surface area contributed by atoms with Crippen molar-refractivity contribution < 1.29 is 47.9 Å². The molecule has 0 unspecified atom stereocenters. The summed E-state index contributed by atoms with van der Waals surface area (Å²) in [6.07, 6.45) is 0.575. The first-order chi connectivity index (χ1) is 30.1. The van der Waals surface area contributed by atoms with Gasteiger partial charge in [-0.25, -0.2) is 19.4 Å². The minimum Gasteiger partial charge on any atom is -0.483 e. The lowest BCUT2D eigenvalue weighted by Gasteiger charge is -2.37. The summed E-state index contributed by atoms with van der Waals surface area (Å²) < 4.78 is 17.8. The van der Waals surface area contributed by atoms with E-state index in [1.807, 2.05) is 60.7 Å². The Morgan fingerprint density at radius 3 is 2.11 bits per heavy atom. The van der Waals surface area contributed by atoms with Crippen molar-refractivity contribution in [3.63, 3.8) is 0 Å². The summed E-state index contributed by atoms with van der Waals surface area (Å²) in [6, 6.07) is 17.3. The number of carbonyl (C=O) groups excluding carboxylic acids is 5. The summed E-state index contributed by atoms with van der Waals surface area (Å²) in [7, 11) is 0. The van der Waals surface area contributed by atoms with Crippen LogP contribution in [0.25, 0.3) is 0 Å². The molecule has 1 aliphatic heterocycles. The lowest BCUT2D eigenvalue weighted by molar-refractivity contribution is -0.179. The van der Waals surface area contributed by atoms with Gasteiger partial charge in [0.15, 0.2) is 16.6 Å². The highest BCUT2D eigenvalue weighted by molar-refractivity contribution is 7.20. The summed E-state index contributed by atoms with van der Waals surface area (Å²) in [4.78, 5) is 94.1. The number of ether oxygens (including phenoxy) is 3. The van der Waals surface area contributed by atoms with Gasteiger partial charge >= 0.3 is 18.1 Å². The van der Waals surface area contributed by atoms with E-state index in [9.17, 15) is 28.8 Å². The molecule has 64 heavy (non-hydrogen) atoms. The predicted molar refractivity (Wildman–Crippen MR) is 237 cm³/mol. The third-order valence-corrected chi connectivity index (χ3v) is 9.78. The van der Waals surface area contributed by atoms with Crippen LogP contribution in [0.2, 0.25) is 4.34 Å². The highest BCUT2D eigenvalue weighted by Gasteiger charge is 2.42. The van der Waals surface area contributed by atoms with Crippen LogP contribution in [0.3, 0.4) is 0 Å². The fourth-order valence-corrected chi connectivity index (χ4v) is 6.49. The number of amides is 5. The van der Waals surface area contributed by atoms with E-state index >= 15 is 0 Å². The number of nitrogens with zero attached hydrogens (tertiary/aromatic N) is 3. The van der Waals surface area contributed by atoms with E-state index in [-0.39, 0.29) is 47.2 Å². The van der Waals surface area contributed by atoms with Crippen LogP contribution < -0.4 is 41.6 Å². The molecule has 4 aromatic rings. The second-order valence-electron chi connectivity index (χ2n) is 16.8. The predicted octanol–water partition coefficient (Wildman–Crippen LogP) is 4.84. The Morgan fingerprint density at radius 1 is 0.875 bits per heavy atom. The van der Waals surface area contributed by atoms with E-state index < -0.39 is 69.9 Å². The molecule has 2 aromatic heterocycles. The lowest BCUT2D eigenvalue weighted by Crippen LogP contribution is -2.72. The number of rotatable bonds is 17. The smallest absolute Gasteiger partial charge is 0.413 e. The number of halogens is 1. The number of hydrogen-bond donors (Lipinski definition) is 5. The third-order valence-electron chi connectivity index (χ3n) is 8.61. The van der Waals surface area contributed by atoms with Gasteiger partial charge in [-0.15, -0.1) is 0 Å². The number of benzene rings is 2. The van der Waals surface area contributed by atoms with Crippen LogP contribution in [-0.2, 0) is 48.5 Å². The van der Waals surface area contributed by atoms with Crippen LogP contribution in [-0.4, -0.2) is 80.8 Å². The second-order valence-corrected chi connectivity index (χ2v) is 18.4. The number of esters is 1. The SMILES string of the molecule is CC(C)(C)OC(=O)Nc1nc(C(=NOC(C)(C)C(=O)OC(C)(C)C)C(=O)N[C@@H]2C(=O)N[C@@H]2CNC(=O)NCc2cc(=O)c(OCc3ccccc3)cn2OCc2ccccc2)c(Cl)s1. The van der Waals surface area contributed by atoms with Crippen molar-refractivity contribution in [2.45, 2.75) is 104 Å². The molecular formula is C43H51ClN8O11S. The van der Waals surface area contributed by atoms with Gasteiger partial charge in [0.05, 0.1) is 24.5 Å². The molecule has 1 aliphatic rings.